The Labute approximate surface area is 162 Å². The second-order valence-electron chi connectivity index (χ2n) is 6.21. The van der Waals surface area contributed by atoms with Gasteiger partial charge in [0, 0.05) is 0 Å². The van der Waals surface area contributed by atoms with Gasteiger partial charge < -0.3 is 11.1 Å². The Bertz CT molecular complexity index is 870. The summed E-state index contributed by atoms with van der Waals surface area (Å²) in [6.45, 7) is 0.171. The molecule has 0 fully saturated rings. The highest BCUT2D eigenvalue weighted by Crippen LogP contribution is 2.28. The van der Waals surface area contributed by atoms with Crippen LogP contribution in [0.3, 0.4) is 0 Å². The van der Waals surface area contributed by atoms with E-state index >= 15 is 0 Å². The lowest BCUT2D eigenvalue weighted by Gasteiger charge is -2.28. The topological polar surface area (TPSA) is 75.4 Å². The minimum Gasteiger partial charge on any atom is -0.366 e. The number of carbonyl (C=O) groups excluding carboxylic acids is 2. The lowest BCUT2D eigenvalue weighted by Crippen LogP contribution is -2.34. The summed E-state index contributed by atoms with van der Waals surface area (Å²) in [5.74, 6) is -0.745. The fraction of sp³-hybridized carbons (Fsp3) is 0.143. The van der Waals surface area contributed by atoms with E-state index in [4.69, 9.17) is 5.73 Å². The first-order chi connectivity index (χ1) is 13.1. The molecule has 0 aliphatic rings. The van der Waals surface area contributed by atoms with Crippen molar-refractivity contribution in [3.05, 3.63) is 88.8 Å². The van der Waals surface area contributed by atoms with E-state index in [-0.39, 0.29) is 18.5 Å². The molecular weight excluding hydrogens is 358 g/mol. The summed E-state index contributed by atoms with van der Waals surface area (Å²) in [5, 5.41) is 5.01. The molecule has 0 atom stereocenters. The third kappa shape index (κ3) is 4.61. The van der Waals surface area contributed by atoms with E-state index < -0.39 is 5.91 Å². The van der Waals surface area contributed by atoms with Gasteiger partial charge in [-0.05, 0) is 29.6 Å². The molecule has 3 N–H and O–H groups in total. The molecule has 3 aromatic rings. The zero-order chi connectivity index (χ0) is 19.2. The van der Waals surface area contributed by atoms with Gasteiger partial charge in [0.15, 0.2) is 0 Å². The van der Waals surface area contributed by atoms with E-state index in [9.17, 15) is 9.59 Å². The van der Waals surface area contributed by atoms with E-state index in [0.29, 0.717) is 10.6 Å². The first-order valence-corrected chi connectivity index (χ1v) is 9.41. The number of primary amides is 1. The van der Waals surface area contributed by atoms with E-state index in [1.165, 1.54) is 11.3 Å². The van der Waals surface area contributed by atoms with Crippen molar-refractivity contribution in [2.45, 2.75) is 6.04 Å². The molecule has 0 unspecified atom stereocenters. The molecular formula is C21H21N3O2S. The van der Waals surface area contributed by atoms with Crippen molar-refractivity contribution in [2.75, 3.05) is 18.9 Å². The Balaban J connectivity index is 1.78. The van der Waals surface area contributed by atoms with Crippen molar-refractivity contribution in [1.29, 1.82) is 0 Å². The zero-order valence-corrected chi connectivity index (χ0v) is 15.8. The highest BCUT2D eigenvalue weighted by atomic mass is 32.1. The van der Waals surface area contributed by atoms with Crippen LogP contribution in [0.5, 0.6) is 0 Å². The zero-order valence-electron chi connectivity index (χ0n) is 15.0. The number of anilines is 1. The molecule has 6 heteroatoms. The highest BCUT2D eigenvalue weighted by molar-refractivity contribution is 7.14. The van der Waals surface area contributed by atoms with Gasteiger partial charge in [0.1, 0.15) is 5.00 Å². The summed E-state index contributed by atoms with van der Waals surface area (Å²) >= 11 is 1.28. The lowest BCUT2D eigenvalue weighted by molar-refractivity contribution is -0.117. The molecule has 5 nitrogen and oxygen atoms in total. The van der Waals surface area contributed by atoms with E-state index in [2.05, 4.69) is 29.6 Å². The third-order valence-electron chi connectivity index (χ3n) is 4.25. The van der Waals surface area contributed by atoms with Gasteiger partial charge in [0.25, 0.3) is 5.91 Å². The summed E-state index contributed by atoms with van der Waals surface area (Å²) in [6, 6.07) is 21.7. The molecule has 0 saturated heterocycles. The maximum absolute atomic E-state index is 12.6. The monoisotopic (exact) mass is 379 g/mol. The fourth-order valence-electron chi connectivity index (χ4n) is 3.06. The number of thiophene rings is 1. The summed E-state index contributed by atoms with van der Waals surface area (Å²) in [5.41, 5.74) is 7.88. The number of carbonyl (C=O) groups is 2. The van der Waals surface area contributed by atoms with Crippen LogP contribution in [0, 0.1) is 0 Å². The van der Waals surface area contributed by atoms with Crippen LogP contribution in [0.4, 0.5) is 5.00 Å². The smallest absolute Gasteiger partial charge is 0.251 e. The number of rotatable bonds is 7. The predicted octanol–water partition coefficient (Wildman–Crippen LogP) is 3.51. The number of amides is 2. The van der Waals surface area contributed by atoms with Crippen LogP contribution in [-0.2, 0) is 4.79 Å². The molecule has 0 saturated carbocycles. The largest absolute Gasteiger partial charge is 0.366 e. The molecule has 0 spiro atoms. The van der Waals surface area contributed by atoms with Gasteiger partial charge in [-0.1, -0.05) is 60.7 Å². The Kier molecular flexibility index (Phi) is 6.01. The van der Waals surface area contributed by atoms with Crippen LogP contribution in [0.25, 0.3) is 0 Å². The minimum atomic E-state index is -0.550. The van der Waals surface area contributed by atoms with Crippen LogP contribution < -0.4 is 11.1 Å². The third-order valence-corrected chi connectivity index (χ3v) is 5.08. The van der Waals surface area contributed by atoms with Gasteiger partial charge in [-0.25, -0.2) is 0 Å². The molecule has 27 heavy (non-hydrogen) atoms. The van der Waals surface area contributed by atoms with E-state index in [1.54, 1.807) is 11.4 Å². The summed E-state index contributed by atoms with van der Waals surface area (Å²) in [6.07, 6.45) is 0. The number of nitrogens with zero attached hydrogens (tertiary/aromatic N) is 1. The van der Waals surface area contributed by atoms with Crippen molar-refractivity contribution in [2.24, 2.45) is 5.73 Å². The molecule has 0 bridgehead atoms. The van der Waals surface area contributed by atoms with Crippen LogP contribution in [0.2, 0.25) is 0 Å². The molecule has 0 radical (unpaired) electrons. The maximum Gasteiger partial charge on any atom is 0.251 e. The van der Waals surface area contributed by atoms with Crippen molar-refractivity contribution < 1.29 is 9.59 Å². The number of likely N-dealkylation sites (N-methyl/N-ethyl adjacent to an activating group) is 1. The normalized spacial score (nSPS) is 10.9. The summed E-state index contributed by atoms with van der Waals surface area (Å²) < 4.78 is 0. The number of nitrogens with one attached hydrogen (secondary N) is 1. The van der Waals surface area contributed by atoms with Crippen LogP contribution >= 0.6 is 11.3 Å². The van der Waals surface area contributed by atoms with Gasteiger partial charge in [-0.3, -0.25) is 14.5 Å². The van der Waals surface area contributed by atoms with Crippen LogP contribution in [0.1, 0.15) is 27.5 Å². The van der Waals surface area contributed by atoms with Crippen molar-refractivity contribution in [3.8, 4) is 0 Å². The number of hydrogen-bond acceptors (Lipinski definition) is 4. The van der Waals surface area contributed by atoms with Gasteiger partial charge in [-0.15, -0.1) is 11.3 Å². The lowest BCUT2D eigenvalue weighted by atomic mass is 9.97. The first-order valence-electron chi connectivity index (χ1n) is 8.53. The Morgan fingerprint density at radius 2 is 1.56 bits per heavy atom. The SMILES string of the molecule is CN(CC(=O)Nc1sccc1C(N)=O)C(c1ccccc1)c1ccccc1. The maximum atomic E-state index is 12.6. The predicted molar refractivity (Wildman–Crippen MR) is 109 cm³/mol. The Morgan fingerprint density at radius 3 is 2.07 bits per heavy atom. The average molecular weight is 379 g/mol. The second-order valence-corrected chi connectivity index (χ2v) is 7.13. The standard InChI is InChI=1S/C21H21N3O2S/c1-24(14-18(25)23-21-17(20(22)26)12-13-27-21)19(15-8-4-2-5-9-15)16-10-6-3-7-11-16/h2-13,19H,14H2,1H3,(H2,22,26)(H,23,25). The first kappa shape index (κ1) is 18.8. The van der Waals surface area contributed by atoms with Gasteiger partial charge in [0.05, 0.1) is 18.2 Å². The van der Waals surface area contributed by atoms with Crippen molar-refractivity contribution >= 4 is 28.2 Å². The van der Waals surface area contributed by atoms with Crippen LogP contribution in [-0.4, -0.2) is 30.3 Å². The van der Waals surface area contributed by atoms with Crippen LogP contribution in [0.15, 0.2) is 72.1 Å². The fourth-order valence-corrected chi connectivity index (χ4v) is 3.86. The molecule has 1 aromatic heterocycles. The molecule has 2 aromatic carbocycles. The molecule has 3 rings (SSSR count). The number of nitrogens with two attached hydrogens (primary N) is 1. The average Bonchev–Trinajstić information content (AvgIpc) is 3.12. The molecule has 1 heterocycles. The van der Waals surface area contributed by atoms with Crippen molar-refractivity contribution in [3.63, 3.8) is 0 Å². The Morgan fingerprint density at radius 1 is 1.00 bits per heavy atom. The molecule has 0 aliphatic carbocycles. The van der Waals surface area contributed by atoms with E-state index in [0.717, 1.165) is 11.1 Å². The van der Waals surface area contributed by atoms with Gasteiger partial charge in [-0.2, -0.15) is 0 Å². The summed E-state index contributed by atoms with van der Waals surface area (Å²) in [4.78, 5) is 26.0. The minimum absolute atomic E-state index is 0.0582. The van der Waals surface area contributed by atoms with Crippen molar-refractivity contribution in [1.82, 2.24) is 4.90 Å². The Hall–Kier alpha value is -2.96. The van der Waals surface area contributed by atoms with Gasteiger partial charge in [0.2, 0.25) is 5.91 Å². The van der Waals surface area contributed by atoms with E-state index in [1.807, 2.05) is 48.3 Å². The molecule has 138 valence electrons. The molecule has 2 amide bonds. The second kappa shape index (κ2) is 8.62. The highest BCUT2D eigenvalue weighted by Gasteiger charge is 2.22. The number of benzene rings is 2. The molecule has 0 aliphatic heterocycles. The number of hydrogen-bond donors (Lipinski definition) is 2. The van der Waals surface area contributed by atoms with Gasteiger partial charge >= 0.3 is 0 Å². The summed E-state index contributed by atoms with van der Waals surface area (Å²) in [7, 11) is 1.91. The quantitative estimate of drug-likeness (QED) is 0.660.